The van der Waals surface area contributed by atoms with E-state index in [1.807, 2.05) is 0 Å². The minimum Gasteiger partial charge on any atom is -0.365 e. The summed E-state index contributed by atoms with van der Waals surface area (Å²) in [5.41, 5.74) is 7.55. The number of primary amides is 1. The maximum atomic E-state index is 11.9. The van der Waals surface area contributed by atoms with Crippen molar-refractivity contribution in [2.24, 2.45) is 5.73 Å². The van der Waals surface area contributed by atoms with E-state index >= 15 is 0 Å². The molecule has 0 spiro atoms. The molecule has 0 aliphatic heterocycles. The summed E-state index contributed by atoms with van der Waals surface area (Å²) in [5.74, 6) is -0.164. The Hall–Kier alpha value is -2.21. The first kappa shape index (κ1) is 16.2. The monoisotopic (exact) mass is 317 g/mol. The van der Waals surface area contributed by atoms with Crippen molar-refractivity contribution in [3.05, 3.63) is 46.5 Å². The minimum absolute atomic E-state index is 0.127. The predicted octanol–water partition coefficient (Wildman–Crippen LogP) is 2.94. The van der Waals surface area contributed by atoms with Crippen molar-refractivity contribution < 1.29 is 9.59 Å². The molecule has 5 nitrogen and oxygen atoms in total. The number of benzene rings is 1. The molecule has 0 atom stereocenters. The van der Waals surface area contributed by atoms with E-state index in [1.54, 1.807) is 0 Å². The lowest BCUT2D eigenvalue weighted by molar-refractivity contribution is -0.116. The largest absolute Gasteiger partial charge is 0.365 e. The van der Waals surface area contributed by atoms with Crippen molar-refractivity contribution >= 4 is 28.3 Å². The molecule has 116 valence electrons. The topological polar surface area (TPSA) is 85.1 Å². The number of anilines is 1. The van der Waals surface area contributed by atoms with Crippen molar-refractivity contribution in [1.29, 1.82) is 0 Å². The highest BCUT2D eigenvalue weighted by atomic mass is 32.1. The van der Waals surface area contributed by atoms with Gasteiger partial charge in [0.15, 0.2) is 5.13 Å². The molecule has 2 aromatic rings. The van der Waals surface area contributed by atoms with Crippen LogP contribution in [0.15, 0.2) is 30.5 Å². The van der Waals surface area contributed by atoms with Gasteiger partial charge in [-0.05, 0) is 23.5 Å². The molecule has 6 heteroatoms. The van der Waals surface area contributed by atoms with Crippen LogP contribution in [0.25, 0.3) is 0 Å². The van der Waals surface area contributed by atoms with Crippen molar-refractivity contribution in [2.45, 2.75) is 32.6 Å². The molecule has 0 aliphatic carbocycles. The highest BCUT2D eigenvalue weighted by molar-refractivity contribution is 7.17. The van der Waals surface area contributed by atoms with E-state index in [0.717, 1.165) is 16.9 Å². The molecular weight excluding hydrogens is 298 g/mol. The second-order valence-corrected chi connectivity index (χ2v) is 6.37. The number of thiazole rings is 1. The number of hydrogen-bond donors (Lipinski definition) is 2. The average Bonchev–Trinajstić information content (AvgIpc) is 2.94. The minimum atomic E-state index is -0.539. The lowest BCUT2D eigenvalue weighted by atomic mass is 10.0. The van der Waals surface area contributed by atoms with Gasteiger partial charge in [0.1, 0.15) is 4.88 Å². The Morgan fingerprint density at radius 2 is 1.95 bits per heavy atom. The molecule has 1 aromatic carbocycles. The van der Waals surface area contributed by atoms with E-state index in [9.17, 15) is 9.59 Å². The fourth-order valence-electron chi connectivity index (χ4n) is 1.95. The molecule has 0 bridgehead atoms. The molecule has 1 aromatic heterocycles. The van der Waals surface area contributed by atoms with Crippen LogP contribution in [-0.4, -0.2) is 16.8 Å². The Labute approximate surface area is 133 Å². The number of nitrogens with two attached hydrogens (primary N) is 1. The maximum Gasteiger partial charge on any atom is 0.260 e. The van der Waals surface area contributed by atoms with Gasteiger partial charge in [-0.15, -0.1) is 0 Å². The van der Waals surface area contributed by atoms with Crippen LogP contribution < -0.4 is 11.1 Å². The Morgan fingerprint density at radius 3 is 2.50 bits per heavy atom. The summed E-state index contributed by atoms with van der Waals surface area (Å²) in [6.07, 6.45) is 2.40. The maximum absolute atomic E-state index is 11.9. The Morgan fingerprint density at radius 1 is 1.27 bits per heavy atom. The fourth-order valence-corrected chi connectivity index (χ4v) is 2.64. The second-order valence-electron chi connectivity index (χ2n) is 5.34. The third kappa shape index (κ3) is 4.39. The third-order valence-corrected chi connectivity index (χ3v) is 4.21. The number of hydrogen-bond acceptors (Lipinski definition) is 4. The number of carbonyl (C=O) groups is 2. The molecular formula is C16H19N3O2S. The van der Waals surface area contributed by atoms with Crippen LogP contribution in [0.1, 0.15) is 47.0 Å². The summed E-state index contributed by atoms with van der Waals surface area (Å²) in [4.78, 5) is 27.1. The number of nitrogens with one attached hydrogen (secondary N) is 1. The SMILES string of the molecule is CC(C)c1ccc(CCC(=O)Nc2ncc(C(N)=O)s2)cc1. The van der Waals surface area contributed by atoms with Gasteiger partial charge < -0.3 is 11.1 Å². The smallest absolute Gasteiger partial charge is 0.260 e. The lowest BCUT2D eigenvalue weighted by Crippen LogP contribution is -2.12. The first-order valence-corrected chi connectivity index (χ1v) is 7.91. The molecule has 0 saturated carbocycles. The van der Waals surface area contributed by atoms with E-state index in [0.29, 0.717) is 28.8 Å². The van der Waals surface area contributed by atoms with Gasteiger partial charge in [-0.3, -0.25) is 9.59 Å². The zero-order valence-electron chi connectivity index (χ0n) is 12.6. The predicted molar refractivity (Wildman–Crippen MR) is 88.1 cm³/mol. The fraction of sp³-hybridized carbons (Fsp3) is 0.312. The van der Waals surface area contributed by atoms with E-state index in [4.69, 9.17) is 5.73 Å². The Kier molecular flexibility index (Phi) is 5.27. The molecule has 22 heavy (non-hydrogen) atoms. The van der Waals surface area contributed by atoms with Crippen LogP contribution in [0.4, 0.5) is 5.13 Å². The summed E-state index contributed by atoms with van der Waals surface area (Å²) >= 11 is 1.08. The number of rotatable bonds is 6. The van der Waals surface area contributed by atoms with Gasteiger partial charge in [0.05, 0.1) is 6.20 Å². The highest BCUT2D eigenvalue weighted by Gasteiger charge is 2.10. The number of nitrogens with zero attached hydrogens (tertiary/aromatic N) is 1. The summed E-state index contributed by atoms with van der Waals surface area (Å²) in [6.45, 7) is 4.30. The van der Waals surface area contributed by atoms with Crippen LogP contribution in [0.3, 0.4) is 0 Å². The summed E-state index contributed by atoms with van der Waals surface area (Å²) < 4.78 is 0. The van der Waals surface area contributed by atoms with E-state index in [1.165, 1.54) is 11.8 Å². The second kappa shape index (κ2) is 7.17. The molecule has 2 amide bonds. The quantitative estimate of drug-likeness (QED) is 0.859. The molecule has 0 saturated heterocycles. The van der Waals surface area contributed by atoms with Crippen molar-refractivity contribution in [3.8, 4) is 0 Å². The highest BCUT2D eigenvalue weighted by Crippen LogP contribution is 2.18. The number of carbonyl (C=O) groups excluding carboxylic acids is 2. The van der Waals surface area contributed by atoms with Crippen LogP contribution in [0, 0.1) is 0 Å². The van der Waals surface area contributed by atoms with Gasteiger partial charge >= 0.3 is 0 Å². The average molecular weight is 317 g/mol. The summed E-state index contributed by atoms with van der Waals surface area (Å²) in [7, 11) is 0. The van der Waals surface area contributed by atoms with Crippen molar-refractivity contribution in [2.75, 3.05) is 5.32 Å². The number of aryl methyl sites for hydroxylation is 1. The Bertz CT molecular complexity index is 662. The van der Waals surface area contributed by atoms with Crippen LogP contribution in [0.5, 0.6) is 0 Å². The molecule has 0 radical (unpaired) electrons. The number of amides is 2. The summed E-state index contributed by atoms with van der Waals surface area (Å²) in [6, 6.07) is 8.30. The van der Waals surface area contributed by atoms with Crippen molar-refractivity contribution in [3.63, 3.8) is 0 Å². The lowest BCUT2D eigenvalue weighted by Gasteiger charge is -2.07. The zero-order valence-corrected chi connectivity index (χ0v) is 13.4. The normalized spacial score (nSPS) is 10.7. The molecule has 3 N–H and O–H groups in total. The molecule has 1 heterocycles. The van der Waals surface area contributed by atoms with Gasteiger partial charge in [-0.25, -0.2) is 4.98 Å². The molecule has 0 unspecified atom stereocenters. The van der Waals surface area contributed by atoms with E-state index < -0.39 is 5.91 Å². The third-order valence-electron chi connectivity index (χ3n) is 3.28. The van der Waals surface area contributed by atoms with Gasteiger partial charge in [-0.2, -0.15) is 0 Å². The van der Waals surface area contributed by atoms with Crippen LogP contribution in [0.2, 0.25) is 0 Å². The first-order valence-electron chi connectivity index (χ1n) is 7.10. The van der Waals surface area contributed by atoms with Gasteiger partial charge in [0.2, 0.25) is 5.91 Å². The van der Waals surface area contributed by atoms with Crippen LogP contribution in [-0.2, 0) is 11.2 Å². The number of aromatic nitrogens is 1. The van der Waals surface area contributed by atoms with Crippen LogP contribution >= 0.6 is 11.3 Å². The zero-order chi connectivity index (χ0) is 16.1. The van der Waals surface area contributed by atoms with Gasteiger partial charge in [-0.1, -0.05) is 49.4 Å². The standard InChI is InChI=1S/C16H19N3O2S/c1-10(2)12-6-3-11(4-7-12)5-8-14(20)19-16-18-9-13(22-16)15(17)21/h3-4,6-7,9-10H,5,8H2,1-2H3,(H2,17,21)(H,18,19,20). The summed E-state index contributed by atoms with van der Waals surface area (Å²) in [5, 5.41) is 3.07. The first-order chi connectivity index (χ1) is 10.5. The van der Waals surface area contributed by atoms with Gasteiger partial charge in [0, 0.05) is 6.42 Å². The molecule has 2 rings (SSSR count). The van der Waals surface area contributed by atoms with Gasteiger partial charge in [0.25, 0.3) is 5.91 Å². The van der Waals surface area contributed by atoms with E-state index in [2.05, 4.69) is 48.4 Å². The molecule has 0 aliphatic rings. The van der Waals surface area contributed by atoms with E-state index in [-0.39, 0.29) is 5.91 Å². The molecule has 0 fully saturated rings. The van der Waals surface area contributed by atoms with Crippen molar-refractivity contribution in [1.82, 2.24) is 4.98 Å². The Balaban J connectivity index is 1.85.